The van der Waals surface area contributed by atoms with Crippen molar-refractivity contribution in [3.05, 3.63) is 69.9 Å². The molecular formula is C18H18N4O2. The SMILES string of the molecule is Cc1cccc(CN(C)C(=O)Cc2n[nH]c(=O)c3ccccc23)n1. The zero-order chi connectivity index (χ0) is 17.1. The number of aromatic nitrogens is 3. The van der Waals surface area contributed by atoms with E-state index in [1.165, 1.54) is 0 Å². The number of aryl methyl sites for hydroxylation is 1. The van der Waals surface area contributed by atoms with Gasteiger partial charge < -0.3 is 4.90 Å². The summed E-state index contributed by atoms with van der Waals surface area (Å²) in [5, 5.41) is 7.75. The van der Waals surface area contributed by atoms with Gasteiger partial charge in [-0.3, -0.25) is 14.6 Å². The molecule has 0 bridgehead atoms. The third-order valence-corrected chi connectivity index (χ3v) is 3.86. The molecule has 0 radical (unpaired) electrons. The molecule has 24 heavy (non-hydrogen) atoms. The maximum absolute atomic E-state index is 12.5. The van der Waals surface area contributed by atoms with Gasteiger partial charge in [-0.15, -0.1) is 0 Å². The maximum atomic E-state index is 12.5. The van der Waals surface area contributed by atoms with Crippen molar-refractivity contribution in [1.82, 2.24) is 20.1 Å². The van der Waals surface area contributed by atoms with Gasteiger partial charge in [0.2, 0.25) is 5.91 Å². The van der Waals surface area contributed by atoms with Gasteiger partial charge in [0.25, 0.3) is 5.56 Å². The van der Waals surface area contributed by atoms with Gasteiger partial charge in [-0.25, -0.2) is 5.10 Å². The summed E-state index contributed by atoms with van der Waals surface area (Å²) in [4.78, 5) is 30.3. The number of H-pyrrole nitrogens is 1. The van der Waals surface area contributed by atoms with Gasteiger partial charge in [-0.2, -0.15) is 5.10 Å². The molecule has 0 spiro atoms. The van der Waals surface area contributed by atoms with Crippen LogP contribution in [-0.4, -0.2) is 33.0 Å². The van der Waals surface area contributed by atoms with E-state index in [2.05, 4.69) is 15.2 Å². The largest absolute Gasteiger partial charge is 0.340 e. The van der Waals surface area contributed by atoms with E-state index in [4.69, 9.17) is 0 Å². The van der Waals surface area contributed by atoms with Crippen molar-refractivity contribution < 1.29 is 4.79 Å². The Bertz CT molecular complexity index is 949. The topological polar surface area (TPSA) is 79.0 Å². The Morgan fingerprint density at radius 3 is 2.62 bits per heavy atom. The molecule has 6 nitrogen and oxygen atoms in total. The molecule has 1 aromatic carbocycles. The summed E-state index contributed by atoms with van der Waals surface area (Å²) in [5.41, 5.74) is 2.07. The highest BCUT2D eigenvalue weighted by molar-refractivity contribution is 5.88. The summed E-state index contributed by atoms with van der Waals surface area (Å²) >= 11 is 0. The fraction of sp³-hybridized carbons (Fsp3) is 0.222. The Morgan fingerprint density at radius 1 is 1.12 bits per heavy atom. The van der Waals surface area contributed by atoms with Crippen LogP contribution in [-0.2, 0) is 17.8 Å². The number of likely N-dealkylation sites (N-methyl/N-ethyl adjacent to an activating group) is 1. The average molecular weight is 322 g/mol. The quantitative estimate of drug-likeness (QED) is 0.795. The number of nitrogens with zero attached hydrogens (tertiary/aromatic N) is 3. The van der Waals surface area contributed by atoms with Crippen LogP contribution in [0.4, 0.5) is 0 Å². The van der Waals surface area contributed by atoms with E-state index in [0.717, 1.165) is 11.4 Å². The number of carbonyl (C=O) groups is 1. The highest BCUT2D eigenvalue weighted by Gasteiger charge is 2.15. The number of rotatable bonds is 4. The number of hydrogen-bond donors (Lipinski definition) is 1. The molecule has 2 heterocycles. The number of carbonyl (C=O) groups excluding carboxylic acids is 1. The number of aromatic amines is 1. The Balaban J connectivity index is 1.80. The first-order valence-corrected chi connectivity index (χ1v) is 7.67. The molecule has 0 aliphatic carbocycles. The smallest absolute Gasteiger partial charge is 0.272 e. The molecule has 0 fully saturated rings. The second-order valence-corrected chi connectivity index (χ2v) is 5.74. The third kappa shape index (κ3) is 3.32. The van der Waals surface area contributed by atoms with Crippen LogP contribution in [0.25, 0.3) is 10.8 Å². The van der Waals surface area contributed by atoms with Crippen molar-refractivity contribution in [2.45, 2.75) is 19.9 Å². The third-order valence-electron chi connectivity index (χ3n) is 3.86. The van der Waals surface area contributed by atoms with Crippen LogP contribution in [0.1, 0.15) is 17.1 Å². The Morgan fingerprint density at radius 2 is 1.88 bits per heavy atom. The molecule has 1 amide bonds. The van der Waals surface area contributed by atoms with Gasteiger partial charge >= 0.3 is 0 Å². The van der Waals surface area contributed by atoms with Crippen molar-refractivity contribution in [1.29, 1.82) is 0 Å². The first-order chi connectivity index (χ1) is 11.5. The number of amides is 1. The van der Waals surface area contributed by atoms with E-state index in [1.807, 2.05) is 37.3 Å². The van der Waals surface area contributed by atoms with E-state index < -0.39 is 0 Å². The van der Waals surface area contributed by atoms with E-state index in [0.29, 0.717) is 23.0 Å². The lowest BCUT2D eigenvalue weighted by Gasteiger charge is -2.17. The lowest BCUT2D eigenvalue weighted by molar-refractivity contribution is -0.129. The summed E-state index contributed by atoms with van der Waals surface area (Å²) in [6.07, 6.45) is 0.125. The first-order valence-electron chi connectivity index (χ1n) is 7.67. The number of benzene rings is 1. The van der Waals surface area contributed by atoms with Crippen molar-refractivity contribution in [3.63, 3.8) is 0 Å². The molecule has 0 saturated carbocycles. The van der Waals surface area contributed by atoms with Crippen molar-refractivity contribution >= 4 is 16.7 Å². The number of pyridine rings is 1. The second kappa shape index (κ2) is 6.62. The first kappa shape index (κ1) is 15.9. The monoisotopic (exact) mass is 322 g/mol. The van der Waals surface area contributed by atoms with Crippen LogP contribution in [0.5, 0.6) is 0 Å². The van der Waals surface area contributed by atoms with Crippen molar-refractivity contribution in [2.75, 3.05) is 7.05 Å². The van der Waals surface area contributed by atoms with Gasteiger partial charge in [-0.05, 0) is 25.1 Å². The predicted molar refractivity (Wildman–Crippen MR) is 91.5 cm³/mol. The molecule has 0 atom stereocenters. The lowest BCUT2D eigenvalue weighted by atomic mass is 10.1. The molecule has 1 N–H and O–H groups in total. The van der Waals surface area contributed by atoms with E-state index in [-0.39, 0.29) is 17.9 Å². The van der Waals surface area contributed by atoms with Crippen LogP contribution in [0, 0.1) is 6.92 Å². The summed E-state index contributed by atoms with van der Waals surface area (Å²) < 4.78 is 0. The standard InChI is InChI=1S/C18H18N4O2/c1-12-6-5-7-13(19-12)11-22(2)17(23)10-16-14-8-3-4-9-15(14)18(24)21-20-16/h3-9H,10-11H2,1-2H3,(H,21,24). The van der Waals surface area contributed by atoms with Gasteiger partial charge in [0, 0.05) is 18.1 Å². The lowest BCUT2D eigenvalue weighted by Crippen LogP contribution is -2.29. The highest BCUT2D eigenvalue weighted by Crippen LogP contribution is 2.14. The number of hydrogen-bond acceptors (Lipinski definition) is 4. The van der Waals surface area contributed by atoms with Crippen LogP contribution in [0.3, 0.4) is 0 Å². The van der Waals surface area contributed by atoms with Crippen LogP contribution in [0.15, 0.2) is 47.3 Å². The zero-order valence-corrected chi connectivity index (χ0v) is 13.6. The molecule has 2 aromatic heterocycles. The Kier molecular flexibility index (Phi) is 4.37. The molecule has 6 heteroatoms. The van der Waals surface area contributed by atoms with Gasteiger partial charge in [0.05, 0.1) is 29.7 Å². The van der Waals surface area contributed by atoms with Crippen LogP contribution in [0.2, 0.25) is 0 Å². The number of fused-ring (bicyclic) bond motifs is 1. The molecular weight excluding hydrogens is 304 g/mol. The Labute approximate surface area is 139 Å². The fourth-order valence-corrected chi connectivity index (χ4v) is 2.60. The summed E-state index contributed by atoms with van der Waals surface area (Å²) in [7, 11) is 1.74. The zero-order valence-electron chi connectivity index (χ0n) is 13.6. The summed E-state index contributed by atoms with van der Waals surface area (Å²) in [5.74, 6) is -0.0805. The minimum atomic E-state index is -0.251. The van der Waals surface area contributed by atoms with E-state index in [9.17, 15) is 9.59 Å². The normalized spacial score (nSPS) is 10.8. The van der Waals surface area contributed by atoms with Crippen LogP contribution < -0.4 is 5.56 Å². The average Bonchev–Trinajstić information content (AvgIpc) is 2.57. The van der Waals surface area contributed by atoms with Gasteiger partial charge in [0.1, 0.15) is 0 Å². The molecule has 0 unspecified atom stereocenters. The second-order valence-electron chi connectivity index (χ2n) is 5.74. The molecule has 3 rings (SSSR count). The van der Waals surface area contributed by atoms with Gasteiger partial charge in [0.15, 0.2) is 0 Å². The summed E-state index contributed by atoms with van der Waals surface area (Å²) in [6.45, 7) is 2.35. The van der Waals surface area contributed by atoms with Crippen molar-refractivity contribution in [3.8, 4) is 0 Å². The van der Waals surface area contributed by atoms with Gasteiger partial charge in [-0.1, -0.05) is 24.3 Å². The Hall–Kier alpha value is -3.02. The van der Waals surface area contributed by atoms with E-state index >= 15 is 0 Å². The molecule has 0 aliphatic rings. The summed E-state index contributed by atoms with van der Waals surface area (Å²) in [6, 6.07) is 12.9. The van der Waals surface area contributed by atoms with Crippen molar-refractivity contribution in [2.24, 2.45) is 0 Å². The molecule has 3 aromatic rings. The predicted octanol–water partition coefficient (Wildman–Crippen LogP) is 1.83. The number of nitrogens with one attached hydrogen (secondary N) is 1. The fourth-order valence-electron chi connectivity index (χ4n) is 2.60. The highest BCUT2D eigenvalue weighted by atomic mass is 16.2. The van der Waals surface area contributed by atoms with Crippen LogP contribution >= 0.6 is 0 Å². The minimum Gasteiger partial charge on any atom is -0.340 e. The maximum Gasteiger partial charge on any atom is 0.272 e. The molecule has 122 valence electrons. The van der Waals surface area contributed by atoms with E-state index in [1.54, 1.807) is 24.1 Å². The molecule has 0 saturated heterocycles. The molecule has 0 aliphatic heterocycles. The minimum absolute atomic E-state index is 0.0805.